The lowest BCUT2D eigenvalue weighted by Crippen LogP contribution is -2.22. The zero-order valence-corrected chi connectivity index (χ0v) is 11.9. The van der Waals surface area contributed by atoms with Crippen LogP contribution in [0.1, 0.15) is 30.0 Å². The van der Waals surface area contributed by atoms with Crippen LogP contribution in [0.2, 0.25) is 0 Å². The van der Waals surface area contributed by atoms with Crippen LogP contribution in [0.15, 0.2) is 49.1 Å². The van der Waals surface area contributed by atoms with Gasteiger partial charge in [-0.2, -0.15) is 0 Å². The molecule has 1 aliphatic heterocycles. The Morgan fingerprint density at radius 2 is 2.19 bits per heavy atom. The van der Waals surface area contributed by atoms with Gasteiger partial charge in [0.2, 0.25) is 0 Å². The molecule has 0 aromatic carbocycles. The van der Waals surface area contributed by atoms with Gasteiger partial charge in [0.05, 0.1) is 0 Å². The number of nitrogens with one attached hydrogen (secondary N) is 1. The van der Waals surface area contributed by atoms with Crippen molar-refractivity contribution < 1.29 is 0 Å². The Morgan fingerprint density at radius 1 is 1.24 bits per heavy atom. The fourth-order valence-corrected chi connectivity index (χ4v) is 3.33. The quantitative estimate of drug-likeness (QED) is 0.799. The number of rotatable bonds is 3. The summed E-state index contributed by atoms with van der Waals surface area (Å²) in [6.07, 6.45) is 10.2. The van der Waals surface area contributed by atoms with E-state index in [9.17, 15) is 0 Å². The molecule has 4 nitrogen and oxygen atoms in total. The maximum atomic E-state index is 4.37. The van der Waals surface area contributed by atoms with E-state index in [-0.39, 0.29) is 0 Å². The Bertz CT molecular complexity index is 735. The Labute approximate surface area is 123 Å². The van der Waals surface area contributed by atoms with Crippen molar-refractivity contribution in [3.05, 3.63) is 60.2 Å². The molecule has 0 bridgehead atoms. The number of fused-ring (bicyclic) bond motifs is 1. The first-order chi connectivity index (χ1) is 10.4. The van der Waals surface area contributed by atoms with Gasteiger partial charge in [0.15, 0.2) is 0 Å². The first kappa shape index (κ1) is 12.5. The van der Waals surface area contributed by atoms with Crippen LogP contribution in [0, 0.1) is 0 Å². The first-order valence-corrected chi connectivity index (χ1v) is 7.47. The van der Waals surface area contributed by atoms with E-state index in [0.29, 0.717) is 6.04 Å². The van der Waals surface area contributed by atoms with Gasteiger partial charge in [-0.3, -0.25) is 9.88 Å². The van der Waals surface area contributed by atoms with Crippen LogP contribution >= 0.6 is 0 Å². The van der Waals surface area contributed by atoms with Crippen molar-refractivity contribution in [1.82, 2.24) is 19.9 Å². The fraction of sp³-hybridized carbons (Fsp3) is 0.294. The average Bonchev–Trinajstić information content (AvgIpc) is 3.16. The second-order valence-electron chi connectivity index (χ2n) is 5.63. The standard InChI is InChI=1S/C17H18N4/c1-4-13(10-18-7-1)16-6-3-9-21(16)12-14-11-20-17-15(14)5-2-8-19-17/h1-2,4-5,7-8,10-11,16H,3,6,9,12H2,(H,19,20). The smallest absolute Gasteiger partial charge is 0.137 e. The third-order valence-corrected chi connectivity index (χ3v) is 4.34. The molecule has 1 unspecified atom stereocenters. The van der Waals surface area contributed by atoms with Crippen LogP contribution in [0.5, 0.6) is 0 Å². The van der Waals surface area contributed by atoms with Crippen LogP contribution in [-0.4, -0.2) is 26.4 Å². The summed E-state index contributed by atoms with van der Waals surface area (Å²) in [4.78, 5) is 14.5. The van der Waals surface area contributed by atoms with Crippen molar-refractivity contribution in [2.75, 3.05) is 6.54 Å². The Hall–Kier alpha value is -2.20. The zero-order valence-electron chi connectivity index (χ0n) is 11.9. The fourth-order valence-electron chi connectivity index (χ4n) is 3.33. The molecular weight excluding hydrogens is 260 g/mol. The molecule has 1 N–H and O–H groups in total. The minimum absolute atomic E-state index is 0.486. The van der Waals surface area contributed by atoms with Gasteiger partial charge in [-0.05, 0) is 48.7 Å². The monoisotopic (exact) mass is 278 g/mol. The highest BCUT2D eigenvalue weighted by molar-refractivity contribution is 5.79. The molecule has 1 atom stereocenters. The number of hydrogen-bond acceptors (Lipinski definition) is 3. The molecule has 3 aromatic heterocycles. The molecule has 3 aromatic rings. The summed E-state index contributed by atoms with van der Waals surface area (Å²) in [5.74, 6) is 0. The van der Waals surface area contributed by atoms with E-state index >= 15 is 0 Å². The summed E-state index contributed by atoms with van der Waals surface area (Å²) in [7, 11) is 0. The third-order valence-electron chi connectivity index (χ3n) is 4.34. The largest absolute Gasteiger partial charge is 0.346 e. The number of aromatic amines is 1. The van der Waals surface area contributed by atoms with Crippen LogP contribution < -0.4 is 0 Å². The lowest BCUT2D eigenvalue weighted by molar-refractivity contribution is 0.249. The normalized spacial score (nSPS) is 19.3. The predicted molar refractivity (Wildman–Crippen MR) is 82.7 cm³/mol. The summed E-state index contributed by atoms with van der Waals surface area (Å²) in [6.45, 7) is 2.11. The summed E-state index contributed by atoms with van der Waals surface area (Å²) < 4.78 is 0. The van der Waals surface area contributed by atoms with Gasteiger partial charge in [-0.1, -0.05) is 6.07 Å². The molecular formula is C17H18N4. The SMILES string of the molecule is c1cncc(C2CCCN2Cc2c[nH]c3ncccc23)c1. The lowest BCUT2D eigenvalue weighted by Gasteiger charge is -2.24. The van der Waals surface area contributed by atoms with Crippen LogP contribution in [-0.2, 0) is 6.54 Å². The molecule has 0 amide bonds. The number of nitrogens with zero attached hydrogens (tertiary/aromatic N) is 3. The van der Waals surface area contributed by atoms with E-state index in [0.717, 1.165) is 18.7 Å². The van der Waals surface area contributed by atoms with E-state index in [2.05, 4.69) is 38.2 Å². The summed E-state index contributed by atoms with van der Waals surface area (Å²) in [6, 6.07) is 8.85. The Kier molecular flexibility index (Phi) is 3.16. The lowest BCUT2D eigenvalue weighted by atomic mass is 10.1. The zero-order chi connectivity index (χ0) is 14.1. The highest BCUT2D eigenvalue weighted by atomic mass is 15.2. The van der Waals surface area contributed by atoms with E-state index in [4.69, 9.17) is 0 Å². The van der Waals surface area contributed by atoms with Crippen molar-refractivity contribution in [3.8, 4) is 0 Å². The molecule has 0 saturated carbocycles. The molecule has 106 valence electrons. The van der Waals surface area contributed by atoms with Crippen LogP contribution in [0.4, 0.5) is 0 Å². The average molecular weight is 278 g/mol. The Morgan fingerprint density at radius 3 is 3.10 bits per heavy atom. The second kappa shape index (κ2) is 5.30. The summed E-state index contributed by atoms with van der Waals surface area (Å²) in [5, 5.41) is 1.23. The van der Waals surface area contributed by atoms with Crippen molar-refractivity contribution >= 4 is 11.0 Å². The maximum absolute atomic E-state index is 4.37. The van der Waals surface area contributed by atoms with Gasteiger partial charge in [0, 0.05) is 42.8 Å². The topological polar surface area (TPSA) is 44.8 Å². The Balaban J connectivity index is 1.61. The molecule has 1 fully saturated rings. The van der Waals surface area contributed by atoms with Gasteiger partial charge >= 0.3 is 0 Å². The second-order valence-corrected chi connectivity index (χ2v) is 5.63. The molecule has 0 radical (unpaired) electrons. The highest BCUT2D eigenvalue weighted by Crippen LogP contribution is 2.33. The first-order valence-electron chi connectivity index (χ1n) is 7.47. The number of hydrogen-bond donors (Lipinski definition) is 1. The van der Waals surface area contributed by atoms with Crippen LogP contribution in [0.3, 0.4) is 0 Å². The molecule has 4 rings (SSSR count). The molecule has 4 heteroatoms. The van der Waals surface area contributed by atoms with Gasteiger partial charge in [0.1, 0.15) is 5.65 Å². The molecule has 21 heavy (non-hydrogen) atoms. The minimum Gasteiger partial charge on any atom is -0.346 e. The van der Waals surface area contributed by atoms with Gasteiger partial charge < -0.3 is 4.98 Å². The van der Waals surface area contributed by atoms with Crippen molar-refractivity contribution in [1.29, 1.82) is 0 Å². The number of likely N-dealkylation sites (tertiary alicyclic amines) is 1. The van der Waals surface area contributed by atoms with Crippen molar-refractivity contribution in [2.24, 2.45) is 0 Å². The van der Waals surface area contributed by atoms with Crippen molar-refractivity contribution in [2.45, 2.75) is 25.4 Å². The van der Waals surface area contributed by atoms with Gasteiger partial charge in [-0.25, -0.2) is 4.98 Å². The molecule has 1 saturated heterocycles. The number of aromatic nitrogens is 3. The van der Waals surface area contributed by atoms with Gasteiger partial charge in [0.25, 0.3) is 0 Å². The molecule has 1 aliphatic rings. The van der Waals surface area contributed by atoms with Gasteiger partial charge in [-0.15, -0.1) is 0 Å². The predicted octanol–water partition coefficient (Wildman–Crippen LogP) is 3.30. The van der Waals surface area contributed by atoms with E-state index in [1.54, 1.807) is 0 Å². The highest BCUT2D eigenvalue weighted by Gasteiger charge is 2.26. The number of H-pyrrole nitrogens is 1. The third kappa shape index (κ3) is 2.32. The molecule has 0 aliphatic carbocycles. The maximum Gasteiger partial charge on any atom is 0.137 e. The van der Waals surface area contributed by atoms with Crippen LogP contribution in [0.25, 0.3) is 11.0 Å². The molecule has 4 heterocycles. The summed E-state index contributed by atoms with van der Waals surface area (Å²) in [5.41, 5.74) is 3.63. The van der Waals surface area contributed by atoms with E-state index < -0.39 is 0 Å². The van der Waals surface area contributed by atoms with Crippen molar-refractivity contribution in [3.63, 3.8) is 0 Å². The minimum atomic E-state index is 0.486. The van der Waals surface area contributed by atoms with E-state index in [1.807, 2.05) is 30.7 Å². The molecule has 0 spiro atoms. The van der Waals surface area contributed by atoms with E-state index in [1.165, 1.54) is 29.4 Å². The number of pyridine rings is 2. The summed E-state index contributed by atoms with van der Waals surface area (Å²) >= 11 is 0.